The highest BCUT2D eigenvalue weighted by atomic mass is 15.2. The van der Waals surface area contributed by atoms with Gasteiger partial charge in [0.15, 0.2) is 0 Å². The summed E-state index contributed by atoms with van der Waals surface area (Å²) in [7, 11) is 2.21. The van der Waals surface area contributed by atoms with Crippen LogP contribution in [0.1, 0.15) is 39.7 Å². The van der Waals surface area contributed by atoms with Gasteiger partial charge in [0.05, 0.1) is 0 Å². The fourth-order valence-electron chi connectivity index (χ4n) is 2.42. The van der Waals surface area contributed by atoms with Crippen LogP contribution < -0.4 is 5.73 Å². The molecule has 0 bridgehead atoms. The zero-order chi connectivity index (χ0) is 14.5. The largest absolute Gasteiger partial charge is 0.329 e. The summed E-state index contributed by atoms with van der Waals surface area (Å²) in [5.41, 5.74) is 7.53. The summed E-state index contributed by atoms with van der Waals surface area (Å²) in [6.45, 7) is 9.83. The van der Waals surface area contributed by atoms with Crippen molar-refractivity contribution in [2.75, 3.05) is 13.6 Å². The highest BCUT2D eigenvalue weighted by Gasteiger charge is 2.31. The van der Waals surface area contributed by atoms with Crippen molar-refractivity contribution >= 4 is 0 Å². The maximum atomic E-state index is 6.07. The second-order valence-corrected chi connectivity index (χ2v) is 6.28. The van der Waals surface area contributed by atoms with E-state index in [-0.39, 0.29) is 5.54 Å². The molecule has 1 aromatic rings. The van der Waals surface area contributed by atoms with E-state index in [2.05, 4.69) is 70.0 Å². The average molecular weight is 262 g/mol. The fraction of sp³-hybridized carbons (Fsp3) is 0.647. The highest BCUT2D eigenvalue weighted by Crippen LogP contribution is 2.24. The minimum absolute atomic E-state index is 0.0690. The first kappa shape index (κ1) is 16.2. The van der Waals surface area contributed by atoms with Crippen LogP contribution in [-0.4, -0.2) is 30.1 Å². The zero-order valence-corrected chi connectivity index (χ0v) is 13.2. The molecule has 0 aliphatic carbocycles. The molecule has 0 amide bonds. The van der Waals surface area contributed by atoms with Gasteiger partial charge < -0.3 is 5.73 Å². The lowest BCUT2D eigenvalue weighted by molar-refractivity contribution is 0.0699. The van der Waals surface area contributed by atoms with Gasteiger partial charge >= 0.3 is 0 Å². The number of benzene rings is 1. The number of rotatable bonds is 7. The molecule has 2 unspecified atom stereocenters. The Morgan fingerprint density at radius 1 is 1.16 bits per heavy atom. The molecule has 0 aliphatic rings. The lowest BCUT2D eigenvalue weighted by Gasteiger charge is -2.43. The number of nitrogens with two attached hydrogens (primary N) is 1. The maximum absolute atomic E-state index is 6.07. The van der Waals surface area contributed by atoms with E-state index in [1.165, 1.54) is 5.56 Å². The molecule has 1 aromatic carbocycles. The zero-order valence-electron chi connectivity index (χ0n) is 13.2. The third kappa shape index (κ3) is 4.32. The van der Waals surface area contributed by atoms with Crippen LogP contribution in [0.15, 0.2) is 30.3 Å². The molecule has 19 heavy (non-hydrogen) atoms. The average Bonchev–Trinajstić information content (AvgIpc) is 2.44. The summed E-state index contributed by atoms with van der Waals surface area (Å²) in [6, 6.07) is 11.2. The Morgan fingerprint density at radius 3 is 2.21 bits per heavy atom. The second-order valence-electron chi connectivity index (χ2n) is 6.28. The van der Waals surface area contributed by atoms with Crippen molar-refractivity contribution in [3.63, 3.8) is 0 Å². The van der Waals surface area contributed by atoms with Gasteiger partial charge in [-0.05, 0) is 45.2 Å². The van der Waals surface area contributed by atoms with Gasteiger partial charge in [-0.1, -0.05) is 44.2 Å². The molecule has 0 saturated heterocycles. The van der Waals surface area contributed by atoms with E-state index < -0.39 is 0 Å². The Hall–Kier alpha value is -0.860. The molecule has 2 N–H and O–H groups in total. The second kappa shape index (κ2) is 7.06. The van der Waals surface area contributed by atoms with Crippen LogP contribution in [0.3, 0.4) is 0 Å². The van der Waals surface area contributed by atoms with Crippen LogP contribution >= 0.6 is 0 Å². The Kier molecular flexibility index (Phi) is 6.02. The normalized spacial score (nSPS) is 16.6. The van der Waals surface area contributed by atoms with E-state index >= 15 is 0 Å². The van der Waals surface area contributed by atoms with Crippen molar-refractivity contribution in [1.82, 2.24) is 4.90 Å². The molecule has 1 rings (SSSR count). The van der Waals surface area contributed by atoms with Gasteiger partial charge in [0, 0.05) is 18.1 Å². The quantitative estimate of drug-likeness (QED) is 0.817. The number of likely N-dealkylation sites (N-methyl/N-ethyl adjacent to an activating group) is 1. The number of hydrogen-bond donors (Lipinski definition) is 1. The van der Waals surface area contributed by atoms with Gasteiger partial charge in [-0.25, -0.2) is 0 Å². The third-order valence-electron chi connectivity index (χ3n) is 4.66. The fourth-order valence-corrected chi connectivity index (χ4v) is 2.42. The lowest BCUT2D eigenvalue weighted by Crippen LogP contribution is -2.54. The molecular formula is C17H30N2. The van der Waals surface area contributed by atoms with E-state index in [0.29, 0.717) is 18.5 Å². The molecule has 0 fully saturated rings. The van der Waals surface area contributed by atoms with Crippen molar-refractivity contribution in [2.24, 2.45) is 11.7 Å². The van der Waals surface area contributed by atoms with Crippen LogP contribution in [0.5, 0.6) is 0 Å². The maximum Gasteiger partial charge on any atom is 0.0306 e. The first-order chi connectivity index (χ1) is 8.90. The first-order valence-electron chi connectivity index (χ1n) is 7.37. The molecule has 108 valence electrons. The number of hydrogen-bond acceptors (Lipinski definition) is 2. The smallest absolute Gasteiger partial charge is 0.0306 e. The number of nitrogens with zero attached hydrogens (tertiary/aromatic N) is 1. The highest BCUT2D eigenvalue weighted by molar-refractivity contribution is 5.15. The summed E-state index contributed by atoms with van der Waals surface area (Å²) in [6.07, 6.45) is 2.19. The summed E-state index contributed by atoms with van der Waals surface area (Å²) in [5.74, 6) is 0.646. The standard InChI is InChI=1S/C17H30N2/c1-14(2)15(3)19(5)17(4,13-18)12-11-16-9-7-6-8-10-16/h6-10,14-15H,11-13,18H2,1-5H3. The van der Waals surface area contributed by atoms with Gasteiger partial charge in [-0.3, -0.25) is 4.90 Å². The summed E-state index contributed by atoms with van der Waals surface area (Å²) in [4.78, 5) is 2.46. The van der Waals surface area contributed by atoms with Crippen molar-refractivity contribution < 1.29 is 0 Å². The van der Waals surface area contributed by atoms with E-state index in [1.54, 1.807) is 0 Å². The molecule has 2 nitrogen and oxygen atoms in total. The summed E-state index contributed by atoms with van der Waals surface area (Å²) >= 11 is 0. The van der Waals surface area contributed by atoms with Crippen LogP contribution in [0.25, 0.3) is 0 Å². The van der Waals surface area contributed by atoms with Gasteiger partial charge in [0.2, 0.25) is 0 Å². The predicted octanol–water partition coefficient (Wildman–Crippen LogP) is 3.31. The van der Waals surface area contributed by atoms with E-state index in [4.69, 9.17) is 5.73 Å². The van der Waals surface area contributed by atoms with Gasteiger partial charge in [0.1, 0.15) is 0 Å². The van der Waals surface area contributed by atoms with Crippen molar-refractivity contribution in [3.8, 4) is 0 Å². The molecule has 2 heteroatoms. The Balaban J connectivity index is 2.69. The van der Waals surface area contributed by atoms with Gasteiger partial charge in [0.25, 0.3) is 0 Å². The van der Waals surface area contributed by atoms with Crippen LogP contribution in [0.4, 0.5) is 0 Å². The third-order valence-corrected chi connectivity index (χ3v) is 4.66. The molecule has 0 aliphatic heterocycles. The summed E-state index contributed by atoms with van der Waals surface area (Å²) < 4.78 is 0. The molecular weight excluding hydrogens is 232 g/mol. The van der Waals surface area contributed by atoms with Crippen LogP contribution in [0.2, 0.25) is 0 Å². The number of aryl methyl sites for hydroxylation is 1. The Labute approximate surface area is 119 Å². The topological polar surface area (TPSA) is 29.3 Å². The van der Waals surface area contributed by atoms with Crippen molar-refractivity contribution in [1.29, 1.82) is 0 Å². The first-order valence-corrected chi connectivity index (χ1v) is 7.37. The molecule has 0 spiro atoms. The van der Waals surface area contributed by atoms with Crippen LogP contribution in [0, 0.1) is 5.92 Å². The minimum atomic E-state index is 0.0690. The molecule has 2 atom stereocenters. The van der Waals surface area contributed by atoms with Gasteiger partial charge in [-0.2, -0.15) is 0 Å². The molecule has 0 aromatic heterocycles. The van der Waals surface area contributed by atoms with E-state index in [9.17, 15) is 0 Å². The molecule has 0 radical (unpaired) electrons. The minimum Gasteiger partial charge on any atom is -0.329 e. The monoisotopic (exact) mass is 262 g/mol. The lowest BCUT2D eigenvalue weighted by atomic mass is 9.89. The molecule has 0 heterocycles. The predicted molar refractivity (Wildman–Crippen MR) is 84.3 cm³/mol. The SMILES string of the molecule is CC(C)C(C)N(C)C(C)(CN)CCc1ccccc1. The van der Waals surface area contributed by atoms with Crippen LogP contribution in [-0.2, 0) is 6.42 Å². The Bertz CT molecular complexity index is 361. The van der Waals surface area contributed by atoms with Crippen molar-refractivity contribution in [2.45, 2.75) is 52.1 Å². The summed E-state index contributed by atoms with van der Waals surface area (Å²) in [5, 5.41) is 0. The van der Waals surface area contributed by atoms with Gasteiger partial charge in [-0.15, -0.1) is 0 Å². The Morgan fingerprint density at radius 2 is 1.74 bits per heavy atom. The van der Waals surface area contributed by atoms with E-state index in [1.807, 2.05) is 0 Å². The van der Waals surface area contributed by atoms with Crippen molar-refractivity contribution in [3.05, 3.63) is 35.9 Å². The van der Waals surface area contributed by atoms with E-state index in [0.717, 1.165) is 12.8 Å². The molecule has 0 saturated carbocycles.